The summed E-state index contributed by atoms with van der Waals surface area (Å²) in [4.78, 5) is 13.9. The Kier molecular flexibility index (Phi) is 4.98. The number of carbonyl (C=O) groups excluding carboxylic acids is 1. The van der Waals surface area contributed by atoms with E-state index in [0.29, 0.717) is 18.8 Å². The van der Waals surface area contributed by atoms with E-state index in [2.05, 4.69) is 5.10 Å². The third kappa shape index (κ3) is 3.19. The molecule has 0 aliphatic heterocycles. The number of amides is 1. The van der Waals surface area contributed by atoms with Crippen LogP contribution in [0.4, 0.5) is 4.39 Å². The van der Waals surface area contributed by atoms with Gasteiger partial charge in [-0.2, -0.15) is 5.10 Å². The maximum atomic E-state index is 14.1. The quantitative estimate of drug-likeness (QED) is 0.817. The molecule has 2 aromatic rings. The maximum Gasteiger partial charge on any atom is 0.260 e. The third-order valence-electron chi connectivity index (χ3n) is 3.28. The van der Waals surface area contributed by atoms with Gasteiger partial charge in [-0.25, -0.2) is 4.39 Å². The zero-order chi connectivity index (χ0) is 16.1. The zero-order valence-corrected chi connectivity index (χ0v) is 12.7. The predicted octanol–water partition coefficient (Wildman–Crippen LogP) is 1.81. The largest absolute Gasteiger partial charge is 0.493 e. The third-order valence-corrected chi connectivity index (χ3v) is 3.28. The van der Waals surface area contributed by atoms with Crippen LogP contribution in [0.5, 0.6) is 11.5 Å². The number of ether oxygens (including phenoxy) is 2. The number of hydrogen-bond acceptors (Lipinski definition) is 4. The van der Waals surface area contributed by atoms with Gasteiger partial charge in [-0.3, -0.25) is 9.48 Å². The van der Waals surface area contributed by atoms with Crippen molar-refractivity contribution in [2.45, 2.75) is 6.54 Å². The summed E-state index contributed by atoms with van der Waals surface area (Å²) in [7, 11) is 4.41. The van der Waals surface area contributed by atoms with Crippen molar-refractivity contribution in [2.24, 2.45) is 0 Å². The highest BCUT2D eigenvalue weighted by Gasteiger charge is 2.24. The van der Waals surface area contributed by atoms with Gasteiger partial charge >= 0.3 is 0 Å². The molecule has 0 aliphatic rings. The van der Waals surface area contributed by atoms with Crippen LogP contribution in [-0.2, 0) is 6.54 Å². The number of nitrogens with zero attached hydrogens (tertiary/aromatic N) is 3. The van der Waals surface area contributed by atoms with Crippen LogP contribution in [-0.4, -0.2) is 48.4 Å². The van der Waals surface area contributed by atoms with Crippen LogP contribution in [0.2, 0.25) is 0 Å². The first-order valence-electron chi connectivity index (χ1n) is 6.71. The van der Waals surface area contributed by atoms with E-state index < -0.39 is 11.7 Å². The molecule has 7 heteroatoms. The smallest absolute Gasteiger partial charge is 0.260 e. The fourth-order valence-electron chi connectivity index (χ4n) is 2.08. The molecular weight excluding hydrogens is 289 g/mol. The molecule has 2 rings (SSSR count). The van der Waals surface area contributed by atoms with Crippen LogP contribution < -0.4 is 9.47 Å². The highest BCUT2D eigenvalue weighted by atomic mass is 19.1. The summed E-state index contributed by atoms with van der Waals surface area (Å²) < 4.78 is 26.0. The second-order valence-corrected chi connectivity index (χ2v) is 4.65. The van der Waals surface area contributed by atoms with Crippen LogP contribution >= 0.6 is 0 Å². The minimum atomic E-state index is -0.645. The van der Waals surface area contributed by atoms with Crippen molar-refractivity contribution in [1.82, 2.24) is 14.7 Å². The molecule has 118 valence electrons. The predicted molar refractivity (Wildman–Crippen MR) is 78.7 cm³/mol. The van der Waals surface area contributed by atoms with Crippen LogP contribution in [0, 0.1) is 5.82 Å². The molecular formula is C15H18FN3O3. The molecule has 0 spiro atoms. The SMILES string of the molecule is COc1ccc(F)c(C(=O)N(C)CCn2cccn2)c1OC. The Morgan fingerprint density at radius 2 is 2.14 bits per heavy atom. The maximum absolute atomic E-state index is 14.1. The molecule has 1 amide bonds. The number of benzene rings is 1. The van der Waals surface area contributed by atoms with Gasteiger partial charge in [0.1, 0.15) is 11.4 Å². The Morgan fingerprint density at radius 1 is 1.36 bits per heavy atom. The number of likely N-dealkylation sites (N-methyl/N-ethyl adjacent to an activating group) is 1. The lowest BCUT2D eigenvalue weighted by molar-refractivity contribution is 0.0780. The second kappa shape index (κ2) is 6.93. The van der Waals surface area contributed by atoms with E-state index >= 15 is 0 Å². The van der Waals surface area contributed by atoms with Gasteiger partial charge in [0.05, 0.1) is 20.8 Å². The van der Waals surface area contributed by atoms with E-state index in [1.165, 1.54) is 31.3 Å². The number of halogens is 1. The molecule has 22 heavy (non-hydrogen) atoms. The van der Waals surface area contributed by atoms with Gasteiger partial charge in [0.15, 0.2) is 11.5 Å². The first-order valence-corrected chi connectivity index (χ1v) is 6.71. The Bertz CT molecular complexity index is 644. The van der Waals surface area contributed by atoms with Crippen molar-refractivity contribution in [3.05, 3.63) is 42.0 Å². The molecule has 1 aromatic carbocycles. The summed E-state index contributed by atoms with van der Waals surface area (Å²) >= 11 is 0. The molecule has 0 unspecified atom stereocenters. The van der Waals surface area contributed by atoms with Crippen LogP contribution in [0.1, 0.15) is 10.4 Å². The van der Waals surface area contributed by atoms with Crippen molar-refractivity contribution < 1.29 is 18.7 Å². The van der Waals surface area contributed by atoms with E-state index in [1.807, 2.05) is 0 Å². The lowest BCUT2D eigenvalue weighted by Gasteiger charge is -2.20. The molecule has 6 nitrogen and oxygen atoms in total. The van der Waals surface area contributed by atoms with Crippen molar-refractivity contribution >= 4 is 5.91 Å². The second-order valence-electron chi connectivity index (χ2n) is 4.65. The monoisotopic (exact) mass is 307 g/mol. The van der Waals surface area contributed by atoms with Gasteiger partial charge in [0.2, 0.25) is 0 Å². The van der Waals surface area contributed by atoms with Crippen molar-refractivity contribution in [3.63, 3.8) is 0 Å². The van der Waals surface area contributed by atoms with Crippen LogP contribution in [0.3, 0.4) is 0 Å². The average molecular weight is 307 g/mol. The molecule has 0 fully saturated rings. The number of carbonyl (C=O) groups is 1. The number of hydrogen-bond donors (Lipinski definition) is 0. The van der Waals surface area contributed by atoms with E-state index in [9.17, 15) is 9.18 Å². The summed E-state index contributed by atoms with van der Waals surface area (Å²) in [5.41, 5.74) is -0.134. The van der Waals surface area contributed by atoms with Gasteiger partial charge in [-0.15, -0.1) is 0 Å². The van der Waals surface area contributed by atoms with Gasteiger partial charge in [-0.1, -0.05) is 0 Å². The highest BCUT2D eigenvalue weighted by Crippen LogP contribution is 2.33. The Hall–Kier alpha value is -2.57. The topological polar surface area (TPSA) is 56.6 Å². The first kappa shape index (κ1) is 15.8. The molecule has 0 saturated heterocycles. The first-order chi connectivity index (χ1) is 10.6. The van der Waals surface area contributed by atoms with Crippen molar-refractivity contribution in [3.8, 4) is 11.5 Å². The minimum absolute atomic E-state index is 0.0958. The number of aromatic nitrogens is 2. The van der Waals surface area contributed by atoms with E-state index in [0.717, 1.165) is 0 Å². The minimum Gasteiger partial charge on any atom is -0.493 e. The van der Waals surface area contributed by atoms with Crippen LogP contribution in [0.15, 0.2) is 30.6 Å². The molecule has 0 aliphatic carbocycles. The summed E-state index contributed by atoms with van der Waals surface area (Å²) in [5, 5.41) is 4.06. The molecule has 0 bridgehead atoms. The Balaban J connectivity index is 2.20. The Morgan fingerprint density at radius 3 is 2.73 bits per heavy atom. The Labute approximate surface area is 128 Å². The molecule has 1 aromatic heterocycles. The van der Waals surface area contributed by atoms with E-state index in [4.69, 9.17) is 9.47 Å². The van der Waals surface area contributed by atoms with Crippen molar-refractivity contribution in [2.75, 3.05) is 27.8 Å². The molecule has 0 radical (unpaired) electrons. The summed E-state index contributed by atoms with van der Waals surface area (Å²) in [5.74, 6) is -0.708. The number of methoxy groups -OCH3 is 2. The summed E-state index contributed by atoms with van der Waals surface area (Å²) in [6, 6.07) is 4.41. The summed E-state index contributed by atoms with van der Waals surface area (Å²) in [6.45, 7) is 0.906. The lowest BCUT2D eigenvalue weighted by Crippen LogP contribution is -2.31. The van der Waals surface area contributed by atoms with Crippen molar-refractivity contribution in [1.29, 1.82) is 0 Å². The van der Waals surface area contributed by atoms with E-state index in [1.54, 1.807) is 30.2 Å². The lowest BCUT2D eigenvalue weighted by atomic mass is 10.1. The fraction of sp³-hybridized carbons (Fsp3) is 0.333. The number of rotatable bonds is 6. The van der Waals surface area contributed by atoms with Crippen LogP contribution in [0.25, 0.3) is 0 Å². The molecule has 1 heterocycles. The van der Waals surface area contributed by atoms with Gasteiger partial charge in [-0.05, 0) is 18.2 Å². The van der Waals surface area contributed by atoms with E-state index in [-0.39, 0.29) is 11.3 Å². The fourth-order valence-corrected chi connectivity index (χ4v) is 2.08. The highest BCUT2D eigenvalue weighted by molar-refractivity contribution is 5.98. The normalized spacial score (nSPS) is 10.4. The molecule has 0 N–H and O–H groups in total. The van der Waals surface area contributed by atoms with Gasteiger partial charge in [0.25, 0.3) is 5.91 Å². The standard InChI is InChI=1S/C15H18FN3O3/c1-18(9-10-19-8-4-7-17-19)15(20)13-11(16)5-6-12(21-2)14(13)22-3/h4-8H,9-10H2,1-3H3. The summed E-state index contributed by atoms with van der Waals surface area (Å²) in [6.07, 6.45) is 3.46. The average Bonchev–Trinajstić information content (AvgIpc) is 3.04. The van der Waals surface area contributed by atoms with Gasteiger partial charge in [0, 0.05) is 26.0 Å². The molecule has 0 saturated carbocycles. The van der Waals surface area contributed by atoms with Gasteiger partial charge < -0.3 is 14.4 Å². The zero-order valence-electron chi connectivity index (χ0n) is 12.7. The molecule has 0 atom stereocenters.